The summed E-state index contributed by atoms with van der Waals surface area (Å²) < 4.78 is 13.3. The van der Waals surface area contributed by atoms with Gasteiger partial charge in [0.25, 0.3) is 5.91 Å². The van der Waals surface area contributed by atoms with Gasteiger partial charge in [-0.05, 0) is 37.0 Å². The first-order valence-electron chi connectivity index (χ1n) is 6.27. The van der Waals surface area contributed by atoms with Gasteiger partial charge < -0.3 is 5.32 Å². The number of carbonyl (C=O) groups is 1. The summed E-state index contributed by atoms with van der Waals surface area (Å²) in [6, 6.07) is 6.05. The van der Waals surface area contributed by atoms with Gasteiger partial charge in [0, 0.05) is 6.54 Å². The Morgan fingerprint density at radius 2 is 1.94 bits per heavy atom. The molecule has 0 saturated carbocycles. The van der Waals surface area contributed by atoms with Crippen LogP contribution in [-0.2, 0) is 0 Å². The van der Waals surface area contributed by atoms with Gasteiger partial charge in [0.15, 0.2) is 0 Å². The van der Waals surface area contributed by atoms with Gasteiger partial charge in [-0.25, -0.2) is 4.39 Å². The number of halogens is 1. The molecule has 1 aromatic rings. The molecule has 0 radical (unpaired) electrons. The van der Waals surface area contributed by atoms with Crippen molar-refractivity contribution in [2.75, 3.05) is 18.6 Å². The van der Waals surface area contributed by atoms with Gasteiger partial charge in [-0.15, -0.1) is 0 Å². The third-order valence-electron chi connectivity index (χ3n) is 2.68. The van der Waals surface area contributed by atoms with E-state index in [1.54, 1.807) is 12.1 Å². The molecule has 1 rings (SSSR count). The number of carbonyl (C=O) groups excluding carboxylic acids is 1. The molecular formula is C14H20FNOS. The van der Waals surface area contributed by atoms with Crippen molar-refractivity contribution in [3.8, 4) is 0 Å². The lowest BCUT2D eigenvalue weighted by Crippen LogP contribution is -2.25. The lowest BCUT2D eigenvalue weighted by atomic mass is 10.2. The topological polar surface area (TPSA) is 29.1 Å². The number of unbranched alkanes of at least 4 members (excludes halogenated alkanes) is 3. The molecule has 0 unspecified atom stereocenters. The molecule has 0 aliphatic rings. The number of thioether (sulfide) groups is 1. The van der Waals surface area contributed by atoms with Crippen LogP contribution < -0.4 is 5.32 Å². The first kappa shape index (κ1) is 15.0. The van der Waals surface area contributed by atoms with Crippen LogP contribution in [0, 0.1) is 5.82 Å². The molecule has 0 bridgehead atoms. The van der Waals surface area contributed by atoms with Gasteiger partial charge in [0.1, 0.15) is 5.82 Å². The molecule has 1 N–H and O–H groups in total. The largest absolute Gasteiger partial charge is 0.352 e. The van der Waals surface area contributed by atoms with Crippen LogP contribution in [0.5, 0.6) is 0 Å². The van der Waals surface area contributed by atoms with Gasteiger partial charge >= 0.3 is 0 Å². The smallest absolute Gasteiger partial charge is 0.254 e. The van der Waals surface area contributed by atoms with Crippen molar-refractivity contribution < 1.29 is 9.18 Å². The van der Waals surface area contributed by atoms with E-state index in [0.29, 0.717) is 6.54 Å². The van der Waals surface area contributed by atoms with E-state index < -0.39 is 5.82 Å². The Bertz CT molecular complexity index is 371. The maximum atomic E-state index is 13.3. The summed E-state index contributed by atoms with van der Waals surface area (Å²) in [5, 5.41) is 2.75. The van der Waals surface area contributed by atoms with Crippen LogP contribution in [0.2, 0.25) is 0 Å². The lowest BCUT2D eigenvalue weighted by molar-refractivity contribution is 0.0949. The van der Waals surface area contributed by atoms with E-state index in [1.807, 2.05) is 11.8 Å². The van der Waals surface area contributed by atoms with E-state index in [1.165, 1.54) is 30.7 Å². The minimum absolute atomic E-state index is 0.125. The number of nitrogens with one attached hydrogen (secondary N) is 1. The molecule has 0 aromatic heterocycles. The number of hydrogen-bond acceptors (Lipinski definition) is 2. The van der Waals surface area contributed by atoms with Gasteiger partial charge in [-0.1, -0.05) is 25.0 Å². The predicted octanol–water partition coefficient (Wildman–Crippen LogP) is 3.48. The van der Waals surface area contributed by atoms with Gasteiger partial charge in [0.2, 0.25) is 0 Å². The normalized spacial score (nSPS) is 10.3. The van der Waals surface area contributed by atoms with Crippen LogP contribution >= 0.6 is 11.8 Å². The SMILES string of the molecule is CSCCCCCCNC(=O)c1ccccc1F. The van der Waals surface area contributed by atoms with Crippen LogP contribution in [0.1, 0.15) is 36.0 Å². The number of benzene rings is 1. The molecule has 18 heavy (non-hydrogen) atoms. The summed E-state index contributed by atoms with van der Waals surface area (Å²) in [5.74, 6) is 0.411. The fraction of sp³-hybridized carbons (Fsp3) is 0.500. The Balaban J connectivity index is 2.16. The highest BCUT2D eigenvalue weighted by atomic mass is 32.2. The van der Waals surface area contributed by atoms with Gasteiger partial charge in [-0.2, -0.15) is 11.8 Å². The quantitative estimate of drug-likeness (QED) is 0.732. The minimum atomic E-state index is -0.463. The summed E-state index contributed by atoms with van der Waals surface area (Å²) in [6.45, 7) is 0.617. The van der Waals surface area contributed by atoms with Crippen molar-refractivity contribution >= 4 is 17.7 Å². The Labute approximate surface area is 112 Å². The molecule has 0 saturated heterocycles. The zero-order chi connectivity index (χ0) is 13.2. The summed E-state index contributed by atoms with van der Waals surface area (Å²) in [4.78, 5) is 11.6. The maximum absolute atomic E-state index is 13.3. The Morgan fingerprint density at radius 1 is 1.22 bits per heavy atom. The Hall–Kier alpha value is -1.03. The van der Waals surface area contributed by atoms with Crippen LogP contribution in [-0.4, -0.2) is 24.5 Å². The average Bonchev–Trinajstić information content (AvgIpc) is 2.38. The molecule has 0 aliphatic carbocycles. The first-order valence-corrected chi connectivity index (χ1v) is 7.66. The van der Waals surface area contributed by atoms with E-state index in [2.05, 4.69) is 11.6 Å². The molecule has 0 atom stereocenters. The zero-order valence-corrected chi connectivity index (χ0v) is 11.6. The van der Waals surface area contributed by atoms with Gasteiger partial charge in [0.05, 0.1) is 5.56 Å². The average molecular weight is 269 g/mol. The van der Waals surface area contributed by atoms with E-state index in [9.17, 15) is 9.18 Å². The minimum Gasteiger partial charge on any atom is -0.352 e. The van der Waals surface area contributed by atoms with Crippen LogP contribution in [0.15, 0.2) is 24.3 Å². The monoisotopic (exact) mass is 269 g/mol. The van der Waals surface area contributed by atoms with Crippen LogP contribution in [0.25, 0.3) is 0 Å². The second-order valence-electron chi connectivity index (χ2n) is 4.14. The predicted molar refractivity (Wildman–Crippen MR) is 75.6 cm³/mol. The molecular weight excluding hydrogens is 249 g/mol. The molecule has 1 aromatic carbocycles. The zero-order valence-electron chi connectivity index (χ0n) is 10.7. The van der Waals surface area contributed by atoms with Crippen LogP contribution in [0.3, 0.4) is 0 Å². The van der Waals surface area contributed by atoms with E-state index in [0.717, 1.165) is 12.8 Å². The highest BCUT2D eigenvalue weighted by molar-refractivity contribution is 7.98. The third-order valence-corrected chi connectivity index (χ3v) is 3.38. The molecule has 0 aliphatic heterocycles. The molecule has 100 valence electrons. The molecule has 0 heterocycles. The standard InChI is InChI=1S/C14H20FNOS/c1-18-11-7-3-2-6-10-16-14(17)12-8-4-5-9-13(12)15/h4-5,8-9H,2-3,6-7,10-11H2,1H3,(H,16,17). The molecule has 1 amide bonds. The molecule has 0 fully saturated rings. The van der Waals surface area contributed by atoms with Crippen molar-refractivity contribution in [1.29, 1.82) is 0 Å². The summed E-state index contributed by atoms with van der Waals surface area (Å²) >= 11 is 1.86. The Morgan fingerprint density at radius 3 is 2.67 bits per heavy atom. The van der Waals surface area contributed by atoms with Gasteiger partial charge in [-0.3, -0.25) is 4.79 Å². The number of hydrogen-bond donors (Lipinski definition) is 1. The molecule has 0 spiro atoms. The van der Waals surface area contributed by atoms with Crippen molar-refractivity contribution in [1.82, 2.24) is 5.32 Å². The lowest BCUT2D eigenvalue weighted by Gasteiger charge is -2.05. The second kappa shape index (κ2) is 8.97. The molecule has 2 nitrogen and oxygen atoms in total. The first-order chi connectivity index (χ1) is 8.75. The Kier molecular flexibility index (Phi) is 7.49. The molecule has 4 heteroatoms. The summed E-state index contributed by atoms with van der Waals surface area (Å²) in [7, 11) is 0. The van der Waals surface area contributed by atoms with E-state index in [4.69, 9.17) is 0 Å². The summed E-state index contributed by atoms with van der Waals surface area (Å²) in [5.41, 5.74) is 0.125. The van der Waals surface area contributed by atoms with Crippen LogP contribution in [0.4, 0.5) is 4.39 Å². The fourth-order valence-electron chi connectivity index (χ4n) is 1.67. The maximum Gasteiger partial charge on any atom is 0.254 e. The highest BCUT2D eigenvalue weighted by Crippen LogP contribution is 2.06. The van der Waals surface area contributed by atoms with Crippen molar-refractivity contribution in [3.63, 3.8) is 0 Å². The second-order valence-corrected chi connectivity index (χ2v) is 5.13. The van der Waals surface area contributed by atoms with Crippen molar-refractivity contribution in [3.05, 3.63) is 35.6 Å². The number of rotatable bonds is 8. The highest BCUT2D eigenvalue weighted by Gasteiger charge is 2.09. The third kappa shape index (κ3) is 5.54. The fourth-order valence-corrected chi connectivity index (χ4v) is 2.16. The number of amides is 1. The summed E-state index contributed by atoms with van der Waals surface area (Å²) in [6.07, 6.45) is 6.58. The van der Waals surface area contributed by atoms with E-state index >= 15 is 0 Å². The van der Waals surface area contributed by atoms with Crippen molar-refractivity contribution in [2.24, 2.45) is 0 Å². The van der Waals surface area contributed by atoms with Crippen molar-refractivity contribution in [2.45, 2.75) is 25.7 Å². The van der Waals surface area contributed by atoms with E-state index in [-0.39, 0.29) is 11.5 Å².